The Morgan fingerprint density at radius 3 is 2.89 bits per heavy atom. The van der Waals surface area contributed by atoms with E-state index in [1.165, 1.54) is 19.3 Å². The van der Waals surface area contributed by atoms with E-state index >= 15 is 0 Å². The maximum atomic E-state index is 5.98. The molecule has 0 saturated carbocycles. The molecule has 4 nitrogen and oxygen atoms in total. The van der Waals surface area contributed by atoms with Gasteiger partial charge in [-0.1, -0.05) is 18.6 Å². The Bertz CT molecular complexity index is 571. The molecule has 1 aliphatic rings. The number of hydrogen-bond donors (Lipinski definition) is 1. The Labute approximate surface area is 107 Å². The Morgan fingerprint density at radius 1 is 1.17 bits per heavy atom. The van der Waals surface area contributed by atoms with Crippen molar-refractivity contribution in [1.82, 2.24) is 14.8 Å². The van der Waals surface area contributed by atoms with Gasteiger partial charge < -0.3 is 10.3 Å². The van der Waals surface area contributed by atoms with Crippen LogP contribution in [0.3, 0.4) is 0 Å². The standard InChI is InChI=1S/C14H18N4/c1-10-6-7-11(9-12(10)15)14-17-16-13-5-3-2-4-8-18(13)14/h6-7,9H,2-5,8,15H2,1H3. The number of benzene rings is 1. The van der Waals surface area contributed by atoms with Crippen molar-refractivity contribution in [1.29, 1.82) is 0 Å². The molecule has 0 bridgehead atoms. The number of aromatic nitrogens is 3. The number of fused-ring (bicyclic) bond motifs is 1. The number of nitrogens with zero attached hydrogens (tertiary/aromatic N) is 3. The highest BCUT2D eigenvalue weighted by molar-refractivity contribution is 5.63. The van der Waals surface area contributed by atoms with Crippen LogP contribution in [0.2, 0.25) is 0 Å². The largest absolute Gasteiger partial charge is 0.398 e. The zero-order valence-electron chi connectivity index (χ0n) is 10.7. The minimum absolute atomic E-state index is 0.818. The normalized spacial score (nSPS) is 15.2. The summed E-state index contributed by atoms with van der Waals surface area (Å²) in [6.45, 7) is 3.04. The fourth-order valence-electron chi connectivity index (χ4n) is 2.48. The first-order valence-electron chi connectivity index (χ1n) is 6.54. The Morgan fingerprint density at radius 2 is 2.06 bits per heavy atom. The van der Waals surface area contributed by atoms with Crippen LogP contribution in [0.25, 0.3) is 11.4 Å². The molecule has 0 atom stereocenters. The van der Waals surface area contributed by atoms with Crippen molar-refractivity contribution < 1.29 is 0 Å². The SMILES string of the molecule is Cc1ccc(-c2nnc3n2CCCCC3)cc1N. The maximum absolute atomic E-state index is 5.98. The van der Waals surface area contributed by atoms with Crippen molar-refractivity contribution in [2.45, 2.75) is 39.2 Å². The molecule has 94 valence electrons. The lowest BCUT2D eigenvalue weighted by molar-refractivity contribution is 0.636. The van der Waals surface area contributed by atoms with Gasteiger partial charge in [-0.2, -0.15) is 0 Å². The summed E-state index contributed by atoms with van der Waals surface area (Å²) < 4.78 is 2.25. The van der Waals surface area contributed by atoms with Crippen molar-refractivity contribution in [2.75, 3.05) is 5.73 Å². The molecule has 0 radical (unpaired) electrons. The second-order valence-electron chi connectivity index (χ2n) is 4.97. The van der Waals surface area contributed by atoms with Crippen LogP contribution < -0.4 is 5.73 Å². The van der Waals surface area contributed by atoms with Gasteiger partial charge in [-0.15, -0.1) is 10.2 Å². The maximum Gasteiger partial charge on any atom is 0.164 e. The van der Waals surface area contributed by atoms with Crippen LogP contribution in [0.5, 0.6) is 0 Å². The summed E-state index contributed by atoms with van der Waals surface area (Å²) in [7, 11) is 0. The fourth-order valence-corrected chi connectivity index (χ4v) is 2.48. The van der Waals surface area contributed by atoms with Crippen LogP contribution in [0.4, 0.5) is 5.69 Å². The molecule has 2 heterocycles. The van der Waals surface area contributed by atoms with E-state index in [9.17, 15) is 0 Å². The van der Waals surface area contributed by atoms with Crippen LogP contribution in [-0.2, 0) is 13.0 Å². The molecular weight excluding hydrogens is 224 g/mol. The molecule has 0 amide bonds. The van der Waals surface area contributed by atoms with Gasteiger partial charge in [0, 0.05) is 24.2 Å². The quantitative estimate of drug-likeness (QED) is 0.782. The highest BCUT2D eigenvalue weighted by Gasteiger charge is 2.16. The molecule has 0 spiro atoms. The highest BCUT2D eigenvalue weighted by Crippen LogP contribution is 2.25. The lowest BCUT2D eigenvalue weighted by atomic mass is 10.1. The van der Waals surface area contributed by atoms with Crippen molar-refractivity contribution in [3.8, 4) is 11.4 Å². The zero-order valence-corrected chi connectivity index (χ0v) is 10.7. The predicted molar refractivity (Wildman–Crippen MR) is 72.2 cm³/mol. The van der Waals surface area contributed by atoms with Crippen LogP contribution in [-0.4, -0.2) is 14.8 Å². The second kappa shape index (κ2) is 4.44. The number of aryl methyl sites for hydroxylation is 2. The van der Waals surface area contributed by atoms with Crippen LogP contribution in [0.1, 0.15) is 30.7 Å². The molecule has 2 aromatic rings. The Kier molecular flexibility index (Phi) is 2.78. The molecule has 3 rings (SSSR count). The summed E-state index contributed by atoms with van der Waals surface area (Å²) >= 11 is 0. The van der Waals surface area contributed by atoms with Gasteiger partial charge in [-0.25, -0.2) is 0 Å². The first-order valence-corrected chi connectivity index (χ1v) is 6.54. The van der Waals surface area contributed by atoms with E-state index in [1.54, 1.807) is 0 Å². The van der Waals surface area contributed by atoms with Gasteiger partial charge in [0.05, 0.1) is 0 Å². The average Bonchev–Trinajstić information content (AvgIpc) is 2.62. The van der Waals surface area contributed by atoms with E-state index < -0.39 is 0 Å². The molecular formula is C14H18N4. The molecule has 0 saturated heterocycles. The number of hydrogen-bond acceptors (Lipinski definition) is 3. The van der Waals surface area contributed by atoms with Crippen LogP contribution >= 0.6 is 0 Å². The predicted octanol–water partition coefficient (Wildman–Crippen LogP) is 2.56. The van der Waals surface area contributed by atoms with Crippen molar-refractivity contribution in [3.63, 3.8) is 0 Å². The van der Waals surface area contributed by atoms with E-state index in [1.807, 2.05) is 19.1 Å². The topological polar surface area (TPSA) is 56.7 Å². The van der Waals surface area contributed by atoms with E-state index in [-0.39, 0.29) is 0 Å². The second-order valence-corrected chi connectivity index (χ2v) is 4.97. The third kappa shape index (κ3) is 1.88. The summed E-state index contributed by atoms with van der Waals surface area (Å²) in [6, 6.07) is 6.12. The Hall–Kier alpha value is -1.84. The first kappa shape index (κ1) is 11.3. The van der Waals surface area contributed by atoms with Crippen LogP contribution in [0.15, 0.2) is 18.2 Å². The van der Waals surface area contributed by atoms with E-state index in [0.717, 1.165) is 41.4 Å². The summed E-state index contributed by atoms with van der Waals surface area (Å²) in [6.07, 6.45) is 4.74. The molecule has 1 aromatic carbocycles. The van der Waals surface area contributed by atoms with Gasteiger partial charge in [0.15, 0.2) is 5.82 Å². The molecule has 2 N–H and O–H groups in total. The molecule has 1 aromatic heterocycles. The number of nitrogen functional groups attached to an aromatic ring is 1. The summed E-state index contributed by atoms with van der Waals surface area (Å²) in [5.41, 5.74) is 8.97. The third-order valence-corrected chi connectivity index (χ3v) is 3.65. The van der Waals surface area contributed by atoms with Crippen LogP contribution in [0, 0.1) is 6.92 Å². The van der Waals surface area contributed by atoms with Gasteiger partial charge in [0.1, 0.15) is 5.82 Å². The zero-order chi connectivity index (χ0) is 12.5. The molecule has 0 unspecified atom stereocenters. The molecule has 1 aliphatic heterocycles. The van der Waals surface area contributed by atoms with Gasteiger partial charge in [-0.3, -0.25) is 0 Å². The summed E-state index contributed by atoms with van der Waals surface area (Å²) in [4.78, 5) is 0. The molecule has 0 aliphatic carbocycles. The lowest BCUT2D eigenvalue weighted by Crippen LogP contribution is -2.03. The van der Waals surface area contributed by atoms with Crippen molar-refractivity contribution >= 4 is 5.69 Å². The van der Waals surface area contributed by atoms with E-state index in [0.29, 0.717) is 0 Å². The highest BCUT2D eigenvalue weighted by atomic mass is 15.3. The fraction of sp³-hybridized carbons (Fsp3) is 0.429. The third-order valence-electron chi connectivity index (χ3n) is 3.65. The van der Waals surface area contributed by atoms with Gasteiger partial charge in [-0.05, 0) is 31.4 Å². The van der Waals surface area contributed by atoms with Crippen molar-refractivity contribution in [3.05, 3.63) is 29.6 Å². The number of nitrogens with two attached hydrogens (primary N) is 1. The molecule has 4 heteroatoms. The molecule has 18 heavy (non-hydrogen) atoms. The van der Waals surface area contributed by atoms with Gasteiger partial charge in [0.2, 0.25) is 0 Å². The monoisotopic (exact) mass is 242 g/mol. The summed E-state index contributed by atoms with van der Waals surface area (Å²) in [5, 5.41) is 8.66. The smallest absolute Gasteiger partial charge is 0.164 e. The average molecular weight is 242 g/mol. The van der Waals surface area contributed by atoms with E-state index in [4.69, 9.17) is 5.73 Å². The first-order chi connectivity index (χ1) is 8.75. The lowest BCUT2D eigenvalue weighted by Gasteiger charge is -2.08. The molecule has 0 fully saturated rings. The van der Waals surface area contributed by atoms with Gasteiger partial charge in [0.25, 0.3) is 0 Å². The minimum Gasteiger partial charge on any atom is -0.398 e. The number of anilines is 1. The summed E-state index contributed by atoms with van der Waals surface area (Å²) in [5.74, 6) is 2.07. The van der Waals surface area contributed by atoms with E-state index in [2.05, 4.69) is 20.8 Å². The minimum atomic E-state index is 0.818. The van der Waals surface area contributed by atoms with Gasteiger partial charge >= 0.3 is 0 Å². The number of rotatable bonds is 1. The van der Waals surface area contributed by atoms with Crippen molar-refractivity contribution in [2.24, 2.45) is 0 Å². The Balaban J connectivity index is 2.06.